The van der Waals surface area contributed by atoms with Gasteiger partial charge in [0.05, 0.1) is 11.6 Å². The third kappa shape index (κ3) is 3.42. The third-order valence-corrected chi connectivity index (χ3v) is 4.52. The van der Waals surface area contributed by atoms with Crippen molar-refractivity contribution in [3.05, 3.63) is 48.0 Å². The Hall–Kier alpha value is -3.16. The minimum absolute atomic E-state index is 0.00306. The zero-order valence-electron chi connectivity index (χ0n) is 14.2. The summed E-state index contributed by atoms with van der Waals surface area (Å²) in [4.78, 5) is 26.3. The fourth-order valence-electron chi connectivity index (χ4n) is 3.16. The first kappa shape index (κ1) is 17.3. The molecular formula is C19H16F2N2O4. The SMILES string of the molecule is O=C(Nc1ccc(F)cc1F)C1CC(=O)N(c2ccc3c(c2)OCCO3)C1. The number of hydrogen-bond donors (Lipinski definition) is 1. The van der Waals surface area contributed by atoms with Gasteiger partial charge in [-0.1, -0.05) is 0 Å². The molecule has 2 aromatic rings. The predicted octanol–water partition coefficient (Wildman–Crippen LogP) is 2.73. The van der Waals surface area contributed by atoms with Crippen molar-refractivity contribution in [1.82, 2.24) is 0 Å². The number of fused-ring (bicyclic) bond motifs is 1. The quantitative estimate of drug-likeness (QED) is 0.897. The molecule has 8 heteroatoms. The van der Waals surface area contributed by atoms with Gasteiger partial charge in [-0.25, -0.2) is 8.78 Å². The van der Waals surface area contributed by atoms with E-state index in [4.69, 9.17) is 9.47 Å². The lowest BCUT2D eigenvalue weighted by atomic mass is 10.1. The van der Waals surface area contributed by atoms with Crippen molar-refractivity contribution in [2.45, 2.75) is 6.42 Å². The summed E-state index contributed by atoms with van der Waals surface area (Å²) >= 11 is 0. The van der Waals surface area contributed by atoms with Crippen molar-refractivity contribution in [1.29, 1.82) is 0 Å². The molecule has 2 aliphatic rings. The van der Waals surface area contributed by atoms with E-state index in [0.717, 1.165) is 12.1 Å². The van der Waals surface area contributed by atoms with Gasteiger partial charge in [-0.2, -0.15) is 0 Å². The monoisotopic (exact) mass is 374 g/mol. The van der Waals surface area contributed by atoms with Gasteiger partial charge in [0.1, 0.15) is 24.8 Å². The normalized spacial score (nSPS) is 18.5. The van der Waals surface area contributed by atoms with Crippen LogP contribution in [0, 0.1) is 17.6 Å². The van der Waals surface area contributed by atoms with Gasteiger partial charge in [-0.15, -0.1) is 0 Å². The van der Waals surface area contributed by atoms with Gasteiger partial charge in [0, 0.05) is 30.8 Å². The summed E-state index contributed by atoms with van der Waals surface area (Å²) < 4.78 is 37.7. The Morgan fingerprint density at radius 3 is 2.63 bits per heavy atom. The Morgan fingerprint density at radius 2 is 1.85 bits per heavy atom. The lowest BCUT2D eigenvalue weighted by Gasteiger charge is -2.22. The second kappa shape index (κ2) is 6.86. The molecule has 1 unspecified atom stereocenters. The summed E-state index contributed by atoms with van der Waals surface area (Å²) in [5.74, 6) is -1.79. The molecule has 0 saturated carbocycles. The number of nitrogens with zero attached hydrogens (tertiary/aromatic N) is 1. The summed E-state index contributed by atoms with van der Waals surface area (Å²) in [7, 11) is 0. The van der Waals surface area contributed by atoms with Crippen LogP contribution in [0.25, 0.3) is 0 Å². The maximum atomic E-state index is 13.7. The van der Waals surface area contributed by atoms with Crippen molar-refractivity contribution in [3.8, 4) is 11.5 Å². The van der Waals surface area contributed by atoms with Crippen LogP contribution in [-0.2, 0) is 9.59 Å². The van der Waals surface area contributed by atoms with Crippen molar-refractivity contribution in [3.63, 3.8) is 0 Å². The number of amides is 2. The average Bonchev–Trinajstić information content (AvgIpc) is 3.05. The molecule has 0 aliphatic carbocycles. The summed E-state index contributed by atoms with van der Waals surface area (Å²) in [5, 5.41) is 2.42. The number of halogens is 2. The standard InChI is InChI=1S/C19H16F2N2O4/c20-12-1-3-15(14(21)8-12)22-19(25)11-7-18(24)23(10-11)13-2-4-16-17(9-13)27-6-5-26-16/h1-4,8-9,11H,5-7,10H2,(H,22,25). The van der Waals surface area contributed by atoms with E-state index >= 15 is 0 Å². The number of benzene rings is 2. The number of carbonyl (C=O) groups is 2. The molecule has 1 fully saturated rings. The largest absolute Gasteiger partial charge is 0.486 e. The molecule has 1 saturated heterocycles. The van der Waals surface area contributed by atoms with E-state index in [1.807, 2.05) is 0 Å². The van der Waals surface area contributed by atoms with Crippen LogP contribution in [0.4, 0.5) is 20.2 Å². The Balaban J connectivity index is 1.48. The van der Waals surface area contributed by atoms with Crippen LogP contribution in [-0.4, -0.2) is 31.6 Å². The number of hydrogen-bond acceptors (Lipinski definition) is 4. The molecule has 140 valence electrons. The lowest BCUT2D eigenvalue weighted by Crippen LogP contribution is -2.28. The minimum atomic E-state index is -0.864. The molecule has 2 heterocycles. The van der Waals surface area contributed by atoms with Crippen LogP contribution in [0.1, 0.15) is 6.42 Å². The summed E-state index contributed by atoms with van der Waals surface area (Å²) in [6.45, 7) is 1.06. The van der Waals surface area contributed by atoms with Gasteiger partial charge in [0.25, 0.3) is 0 Å². The molecule has 0 spiro atoms. The summed E-state index contributed by atoms with van der Waals surface area (Å²) in [6.07, 6.45) is 0.00306. The average molecular weight is 374 g/mol. The van der Waals surface area contributed by atoms with Gasteiger partial charge in [-0.3, -0.25) is 9.59 Å². The molecule has 0 radical (unpaired) electrons. The third-order valence-electron chi connectivity index (χ3n) is 4.52. The van der Waals surface area contributed by atoms with E-state index in [0.29, 0.717) is 36.5 Å². The van der Waals surface area contributed by atoms with Crippen molar-refractivity contribution in [2.24, 2.45) is 5.92 Å². The first-order valence-corrected chi connectivity index (χ1v) is 8.47. The number of rotatable bonds is 3. The molecule has 0 bridgehead atoms. The highest BCUT2D eigenvalue weighted by atomic mass is 19.1. The van der Waals surface area contributed by atoms with Gasteiger partial charge >= 0.3 is 0 Å². The number of nitrogens with one attached hydrogen (secondary N) is 1. The summed E-state index contributed by atoms with van der Waals surface area (Å²) in [5.41, 5.74) is 0.485. The smallest absolute Gasteiger partial charge is 0.229 e. The van der Waals surface area contributed by atoms with Crippen LogP contribution in [0.2, 0.25) is 0 Å². The van der Waals surface area contributed by atoms with Crippen molar-refractivity contribution >= 4 is 23.2 Å². The Labute approximate surface area is 153 Å². The highest BCUT2D eigenvalue weighted by molar-refractivity contribution is 6.03. The summed E-state index contributed by atoms with van der Waals surface area (Å²) in [6, 6.07) is 8.05. The van der Waals surface area contributed by atoms with E-state index in [-0.39, 0.29) is 24.6 Å². The van der Waals surface area contributed by atoms with Gasteiger partial charge in [0.15, 0.2) is 11.5 Å². The molecule has 27 heavy (non-hydrogen) atoms. The minimum Gasteiger partial charge on any atom is -0.486 e. The predicted molar refractivity (Wildman–Crippen MR) is 92.9 cm³/mol. The zero-order valence-corrected chi connectivity index (χ0v) is 14.2. The van der Waals surface area contributed by atoms with Crippen LogP contribution in [0.5, 0.6) is 11.5 Å². The first-order valence-electron chi connectivity index (χ1n) is 8.47. The van der Waals surface area contributed by atoms with Crippen molar-refractivity contribution < 1.29 is 27.8 Å². The molecule has 1 N–H and O–H groups in total. The molecule has 4 rings (SSSR count). The number of anilines is 2. The maximum Gasteiger partial charge on any atom is 0.229 e. The second-order valence-corrected chi connectivity index (χ2v) is 6.35. The fourth-order valence-corrected chi connectivity index (χ4v) is 3.16. The Bertz CT molecular complexity index is 919. The highest BCUT2D eigenvalue weighted by Crippen LogP contribution is 2.36. The zero-order chi connectivity index (χ0) is 19.0. The van der Waals surface area contributed by atoms with Gasteiger partial charge in [-0.05, 0) is 24.3 Å². The molecule has 1 atom stereocenters. The van der Waals surface area contributed by atoms with E-state index < -0.39 is 23.5 Å². The fraction of sp³-hybridized carbons (Fsp3) is 0.263. The molecule has 2 aromatic carbocycles. The number of ether oxygens (including phenoxy) is 2. The maximum absolute atomic E-state index is 13.7. The topological polar surface area (TPSA) is 67.9 Å². The van der Waals surface area contributed by atoms with Crippen molar-refractivity contribution in [2.75, 3.05) is 30.0 Å². The van der Waals surface area contributed by atoms with Gasteiger partial charge in [0.2, 0.25) is 11.8 Å². The first-order chi connectivity index (χ1) is 13.0. The van der Waals surface area contributed by atoms with Crippen LogP contribution >= 0.6 is 0 Å². The van der Waals surface area contributed by atoms with Crippen LogP contribution in [0.15, 0.2) is 36.4 Å². The highest BCUT2D eigenvalue weighted by Gasteiger charge is 2.36. The van der Waals surface area contributed by atoms with E-state index in [1.54, 1.807) is 18.2 Å². The molecule has 2 amide bonds. The molecule has 2 aliphatic heterocycles. The van der Waals surface area contributed by atoms with E-state index in [9.17, 15) is 18.4 Å². The Morgan fingerprint density at radius 1 is 1.07 bits per heavy atom. The van der Waals surface area contributed by atoms with Crippen LogP contribution in [0.3, 0.4) is 0 Å². The van der Waals surface area contributed by atoms with Crippen LogP contribution < -0.4 is 19.7 Å². The van der Waals surface area contributed by atoms with Gasteiger partial charge < -0.3 is 19.7 Å². The molecular weight excluding hydrogens is 358 g/mol. The lowest BCUT2D eigenvalue weighted by molar-refractivity contribution is -0.122. The van der Waals surface area contributed by atoms with E-state index in [2.05, 4.69) is 5.32 Å². The molecule has 6 nitrogen and oxygen atoms in total. The molecule has 0 aromatic heterocycles. The van der Waals surface area contributed by atoms with E-state index in [1.165, 1.54) is 4.90 Å². The number of carbonyl (C=O) groups excluding carboxylic acids is 2. The second-order valence-electron chi connectivity index (χ2n) is 6.35. The Kier molecular flexibility index (Phi) is 4.39.